The van der Waals surface area contributed by atoms with Gasteiger partial charge < -0.3 is 9.97 Å². The number of H-pyrrole nitrogens is 2. The van der Waals surface area contributed by atoms with Crippen molar-refractivity contribution in [1.29, 1.82) is 0 Å². The van der Waals surface area contributed by atoms with Gasteiger partial charge in [0.15, 0.2) is 0 Å². The number of benzene rings is 16. The molecule has 2 aliphatic heterocycles. The molecule has 0 amide bonds. The second kappa shape index (κ2) is 21.8. The van der Waals surface area contributed by atoms with Gasteiger partial charge in [0.05, 0.1) is 80.7 Å². The molecule has 1 radical (unpaired) electrons. The second-order valence-electron chi connectivity index (χ2n) is 25.3. The minimum Gasteiger partial charge on any atom is -0.352 e. The van der Waals surface area contributed by atoms with E-state index in [1.807, 2.05) is 0 Å². The Morgan fingerprint density at radius 2 is 0.381 bits per heavy atom. The summed E-state index contributed by atoms with van der Waals surface area (Å²) in [5, 5.41) is 28.3. The summed E-state index contributed by atoms with van der Waals surface area (Å²) < 4.78 is 6.48. The third-order valence-electron chi connectivity index (χ3n) is 20.6. The van der Waals surface area contributed by atoms with Gasteiger partial charge in [-0.05, 0) is 279 Å². The average molecular weight is 1800 g/mol. The van der Waals surface area contributed by atoms with Crippen LogP contribution in [0.15, 0.2) is 236 Å². The van der Waals surface area contributed by atoms with Gasteiger partial charge in [0.2, 0.25) is 0 Å². The maximum atomic E-state index is 6.13. The zero-order valence-corrected chi connectivity index (χ0v) is 63.8. The van der Waals surface area contributed by atoms with E-state index in [-0.39, 0.29) is 16.8 Å². The van der Waals surface area contributed by atoms with Crippen LogP contribution in [0.3, 0.4) is 0 Å². The molecule has 5 heterocycles. The average Bonchev–Trinajstić information content (AvgIpc) is 1.61. The third kappa shape index (κ3) is 8.21. The van der Waals surface area contributed by atoms with Crippen molar-refractivity contribution in [1.82, 2.24) is 19.9 Å². The van der Waals surface area contributed by atoms with Crippen LogP contribution in [-0.2, 0) is 16.8 Å². The van der Waals surface area contributed by atoms with E-state index in [1.54, 1.807) is 0 Å². The van der Waals surface area contributed by atoms with Gasteiger partial charge in [0, 0.05) is 22.3 Å². The Bertz CT molecular complexity index is 6170. The molecule has 3 aromatic heterocycles. The maximum Gasteiger partial charge on any atom is 2.00 e. The van der Waals surface area contributed by atoms with Crippen LogP contribution in [0.4, 0.5) is 0 Å². The molecule has 97 heavy (non-hydrogen) atoms. The number of rotatable bonds is 4. The van der Waals surface area contributed by atoms with Crippen molar-refractivity contribution < 1.29 is 16.8 Å². The molecule has 0 spiro atoms. The molecule has 457 valence electrons. The normalized spacial score (nSPS) is 13.2. The molecule has 0 fully saturated rings. The van der Waals surface area contributed by atoms with Gasteiger partial charge in [-0.25, -0.2) is 9.97 Å². The summed E-state index contributed by atoms with van der Waals surface area (Å²) in [6.07, 6.45) is 0. The molecule has 16 aromatic carbocycles. The Labute approximate surface area is 629 Å². The minimum absolute atomic E-state index is 0. The van der Waals surface area contributed by atoms with Crippen LogP contribution in [0.1, 0.15) is 22.8 Å². The predicted molar refractivity (Wildman–Crippen MR) is 438 cm³/mol. The van der Waals surface area contributed by atoms with E-state index in [9.17, 15) is 0 Å². The van der Waals surface area contributed by atoms with Crippen molar-refractivity contribution in [2.45, 2.75) is 0 Å². The smallest absolute Gasteiger partial charge is 0.352 e. The van der Waals surface area contributed by atoms with Gasteiger partial charge in [0.1, 0.15) is 0 Å². The first-order valence-corrected chi connectivity index (χ1v) is 37.7. The summed E-state index contributed by atoms with van der Waals surface area (Å²) in [4.78, 5) is 20.7. The van der Waals surface area contributed by atoms with Gasteiger partial charge in [0.25, 0.3) is 0 Å². The van der Waals surface area contributed by atoms with Crippen LogP contribution < -0.4 is 0 Å². The van der Waals surface area contributed by atoms with Crippen molar-refractivity contribution in [3.63, 3.8) is 0 Å². The molecule has 2 aliphatic rings. The van der Waals surface area contributed by atoms with E-state index in [1.165, 1.54) is 86.2 Å². The number of nitrogens with zero attached hydrogens (tertiary/aromatic N) is 2. The van der Waals surface area contributed by atoms with Gasteiger partial charge >= 0.3 is 16.8 Å². The van der Waals surface area contributed by atoms with Crippen molar-refractivity contribution in [3.8, 4) is 44.5 Å². The Hall–Kier alpha value is -7.37. The molecule has 13 heteroatoms. The molecular formula is C84H38Br8CoN4+2. The van der Waals surface area contributed by atoms with E-state index in [0.29, 0.717) is 0 Å². The number of hydrogen-bond acceptors (Lipinski definition) is 2. The molecule has 21 rings (SSSR count). The fourth-order valence-corrected chi connectivity index (χ4v) is 20.3. The predicted octanol–water partition coefficient (Wildman–Crippen LogP) is 28.9. The molecule has 0 unspecified atom stereocenters. The van der Waals surface area contributed by atoms with Crippen molar-refractivity contribution in [2.75, 3.05) is 0 Å². The first-order chi connectivity index (χ1) is 46.9. The molecule has 8 bridgehead atoms. The van der Waals surface area contributed by atoms with Crippen LogP contribution in [0.25, 0.3) is 214 Å². The van der Waals surface area contributed by atoms with Crippen molar-refractivity contribution >= 4 is 297 Å². The van der Waals surface area contributed by atoms with Crippen LogP contribution in [0, 0.1) is 0 Å². The van der Waals surface area contributed by atoms with Gasteiger partial charge in [-0.1, -0.05) is 218 Å². The number of halogens is 8. The SMILES string of the molecule is BrC1=C(Br)c2nc1c(-c1ccc3ccc4cccc5ccc1c3c45)c1[nH]c(c(Br)c1Br)c(-c1ccc3ccc4cccc5ccc1c3c45)c1nc(c(-c3ccc4ccc5cccc6ccc3c4c56)c3[nH]c(c(Br)c3Br)c2-c2ccc3ccc4cccc5ccc2c3c45)C(Br)=C1Br.[Co+2]. The molecule has 0 aliphatic carbocycles. The molecule has 0 atom stereocenters. The quantitative estimate of drug-likeness (QED) is 0.173. The van der Waals surface area contributed by atoms with Crippen LogP contribution in [-0.4, -0.2) is 19.9 Å². The Balaban J connectivity index is 0.00000641. The van der Waals surface area contributed by atoms with Crippen molar-refractivity contribution in [3.05, 3.63) is 259 Å². The third-order valence-corrected chi connectivity index (χ3v) is 29.0. The summed E-state index contributed by atoms with van der Waals surface area (Å²) >= 11 is 34.9. The van der Waals surface area contributed by atoms with E-state index in [4.69, 9.17) is 9.97 Å². The van der Waals surface area contributed by atoms with Gasteiger partial charge in [-0.3, -0.25) is 0 Å². The first kappa shape index (κ1) is 59.7. The van der Waals surface area contributed by atoms with E-state index >= 15 is 0 Å². The van der Waals surface area contributed by atoms with Crippen LogP contribution >= 0.6 is 127 Å². The van der Waals surface area contributed by atoms with Crippen LogP contribution in [0.2, 0.25) is 0 Å². The zero-order valence-electron chi connectivity index (χ0n) is 50.0. The molecule has 4 nitrogen and oxygen atoms in total. The second-order valence-corrected chi connectivity index (χ2v) is 31.6. The number of aromatic nitrogens is 4. The largest absolute Gasteiger partial charge is 2.00 e. The summed E-state index contributed by atoms with van der Waals surface area (Å²) in [5.74, 6) is 0. The molecule has 2 N–H and O–H groups in total. The summed E-state index contributed by atoms with van der Waals surface area (Å²) in [5.41, 5.74) is 13.8. The van der Waals surface area contributed by atoms with E-state index in [0.717, 1.165) is 168 Å². The fourth-order valence-electron chi connectivity index (χ4n) is 16.4. The van der Waals surface area contributed by atoms with E-state index < -0.39 is 0 Å². The number of nitrogens with one attached hydrogen (secondary N) is 2. The van der Waals surface area contributed by atoms with Gasteiger partial charge in [-0.15, -0.1) is 0 Å². The number of aromatic amines is 2. The topological polar surface area (TPSA) is 57.4 Å². The Morgan fingerprint density at radius 1 is 0.206 bits per heavy atom. The maximum absolute atomic E-state index is 6.13. The first-order valence-electron chi connectivity index (χ1n) is 31.3. The summed E-state index contributed by atoms with van der Waals surface area (Å²) in [6, 6.07) is 80.8. The van der Waals surface area contributed by atoms with Crippen LogP contribution in [0.5, 0.6) is 0 Å². The Kier molecular flexibility index (Phi) is 13.4. The molecule has 0 saturated heterocycles. The minimum atomic E-state index is 0. The summed E-state index contributed by atoms with van der Waals surface area (Å²) in [7, 11) is 0. The molecular weight excluding hydrogens is 1760 g/mol. The standard InChI is InChI=1S/C84H38Br8N4.Co/c85-69-71(87)79-66(54-34-26-46-18-14-38-6-2-10-42-22-30-50(54)62(46)58(38)42)81-73(89)75(91)83(95-81)68(56-36-28-48-20-16-40-8-4-12-44-24-32-52(56)64(48)60(40)44)84-76(92)74(90)82(96-84)67(55-35-27-47-19-15-39-7-3-11-43-23-31-51(55)63(47)59(39)43)80-72(88)70(86)78(94-80)65(77(69)93-79)53-33-25-45-17-13-37-5-1-9-41-21-29-49(53)61(45)57(37)41;/h1-36,93,96H;/q;+2. The number of fused-ring (bicyclic) bond motifs is 8. The molecule has 19 aromatic rings. The fraction of sp³-hybridized carbons (Fsp3) is 0. The monoisotopic (exact) mass is 1790 g/mol. The van der Waals surface area contributed by atoms with Gasteiger partial charge in [-0.2, -0.15) is 0 Å². The van der Waals surface area contributed by atoms with Crippen molar-refractivity contribution in [2.24, 2.45) is 0 Å². The Morgan fingerprint density at radius 3 is 0.588 bits per heavy atom. The van der Waals surface area contributed by atoms with E-state index in [2.05, 4.69) is 356 Å². The summed E-state index contributed by atoms with van der Waals surface area (Å²) in [6.45, 7) is 0. The number of hydrogen-bond donors (Lipinski definition) is 2. The zero-order chi connectivity index (χ0) is 64.0. The molecule has 0 saturated carbocycles.